The van der Waals surface area contributed by atoms with Gasteiger partial charge in [0.25, 0.3) is 0 Å². The molecule has 1 N–H and O–H groups in total. The Balaban J connectivity index is 1.90. The van der Waals surface area contributed by atoms with Gasteiger partial charge in [0.1, 0.15) is 5.76 Å². The highest BCUT2D eigenvalue weighted by Gasteiger charge is 2.29. The molecule has 1 aromatic rings. The summed E-state index contributed by atoms with van der Waals surface area (Å²) >= 11 is 0. The minimum atomic E-state index is -0.259. The molecule has 0 amide bonds. The summed E-state index contributed by atoms with van der Waals surface area (Å²) in [6.07, 6.45) is 3.95. The molecule has 1 saturated carbocycles. The van der Waals surface area contributed by atoms with Gasteiger partial charge in [-0.2, -0.15) is 0 Å². The first-order valence-electron chi connectivity index (χ1n) is 5.20. The minimum Gasteiger partial charge on any atom is -0.468 e. The fourth-order valence-electron chi connectivity index (χ4n) is 1.72. The van der Waals surface area contributed by atoms with E-state index in [1.807, 2.05) is 19.1 Å². The fourth-order valence-corrected chi connectivity index (χ4v) is 1.72. The maximum Gasteiger partial charge on any atom is 0.117 e. The molecule has 0 unspecified atom stereocenters. The maximum atomic E-state index is 9.36. The van der Waals surface area contributed by atoms with Gasteiger partial charge in [0.05, 0.1) is 18.9 Å². The van der Waals surface area contributed by atoms with Gasteiger partial charge >= 0.3 is 0 Å². The van der Waals surface area contributed by atoms with E-state index in [0.29, 0.717) is 6.04 Å². The smallest absolute Gasteiger partial charge is 0.117 e. The van der Waals surface area contributed by atoms with E-state index in [4.69, 9.17) is 4.42 Å². The van der Waals surface area contributed by atoms with Crippen LogP contribution in [-0.4, -0.2) is 28.7 Å². The highest BCUT2D eigenvalue weighted by Crippen LogP contribution is 2.28. The van der Waals surface area contributed by atoms with E-state index in [2.05, 4.69) is 4.90 Å². The van der Waals surface area contributed by atoms with Gasteiger partial charge in [0.15, 0.2) is 0 Å². The number of aliphatic hydroxyl groups excluding tert-OH is 1. The predicted molar refractivity (Wildman–Crippen MR) is 53.8 cm³/mol. The molecule has 0 bridgehead atoms. The summed E-state index contributed by atoms with van der Waals surface area (Å²) in [4.78, 5) is 2.30. The Morgan fingerprint density at radius 3 is 2.93 bits per heavy atom. The third-order valence-electron chi connectivity index (χ3n) is 2.50. The molecule has 1 aromatic heterocycles. The topological polar surface area (TPSA) is 36.6 Å². The standard InChI is InChI=1S/C11H17NO2/c1-9(13)7-12(10-4-5-10)8-11-3-2-6-14-11/h2-3,6,9-10,13H,4-5,7-8H2,1H3/t9-/m1/s1. The average molecular weight is 195 g/mol. The molecule has 3 nitrogen and oxygen atoms in total. The van der Waals surface area contributed by atoms with E-state index >= 15 is 0 Å². The van der Waals surface area contributed by atoms with Crippen LogP contribution >= 0.6 is 0 Å². The first-order chi connectivity index (χ1) is 6.75. The molecule has 1 heterocycles. The summed E-state index contributed by atoms with van der Waals surface area (Å²) in [5, 5.41) is 9.36. The van der Waals surface area contributed by atoms with Crippen molar-refractivity contribution in [3.8, 4) is 0 Å². The number of nitrogens with zero attached hydrogens (tertiary/aromatic N) is 1. The van der Waals surface area contributed by atoms with E-state index in [9.17, 15) is 5.11 Å². The van der Waals surface area contributed by atoms with Crippen LogP contribution in [0.2, 0.25) is 0 Å². The van der Waals surface area contributed by atoms with Gasteiger partial charge in [-0.1, -0.05) is 0 Å². The highest BCUT2D eigenvalue weighted by molar-refractivity contribution is 4.99. The quantitative estimate of drug-likeness (QED) is 0.775. The van der Waals surface area contributed by atoms with Crippen LogP contribution in [-0.2, 0) is 6.54 Å². The molecule has 78 valence electrons. The Morgan fingerprint density at radius 2 is 2.43 bits per heavy atom. The Hall–Kier alpha value is -0.800. The van der Waals surface area contributed by atoms with Crippen LogP contribution in [0.5, 0.6) is 0 Å². The second-order valence-electron chi connectivity index (χ2n) is 4.09. The van der Waals surface area contributed by atoms with Crippen molar-refractivity contribution in [1.29, 1.82) is 0 Å². The number of aliphatic hydroxyl groups is 1. The lowest BCUT2D eigenvalue weighted by atomic mass is 10.3. The summed E-state index contributed by atoms with van der Waals surface area (Å²) in [7, 11) is 0. The van der Waals surface area contributed by atoms with Crippen LogP contribution in [0.25, 0.3) is 0 Å². The third-order valence-corrected chi connectivity index (χ3v) is 2.50. The lowest BCUT2D eigenvalue weighted by Crippen LogP contribution is -2.32. The van der Waals surface area contributed by atoms with Crippen molar-refractivity contribution in [3.05, 3.63) is 24.2 Å². The van der Waals surface area contributed by atoms with Crippen molar-refractivity contribution in [1.82, 2.24) is 4.90 Å². The Morgan fingerprint density at radius 1 is 1.64 bits per heavy atom. The van der Waals surface area contributed by atoms with Gasteiger partial charge in [0, 0.05) is 12.6 Å². The summed E-state index contributed by atoms with van der Waals surface area (Å²) < 4.78 is 5.30. The summed E-state index contributed by atoms with van der Waals surface area (Å²) in [6, 6.07) is 4.55. The van der Waals surface area contributed by atoms with E-state index in [1.54, 1.807) is 6.26 Å². The van der Waals surface area contributed by atoms with Crippen LogP contribution in [0.15, 0.2) is 22.8 Å². The molecule has 0 spiro atoms. The molecule has 3 heteroatoms. The summed E-state index contributed by atoms with van der Waals surface area (Å²) in [5.74, 6) is 0.984. The summed E-state index contributed by atoms with van der Waals surface area (Å²) in [5.41, 5.74) is 0. The lowest BCUT2D eigenvalue weighted by molar-refractivity contribution is 0.113. The second-order valence-corrected chi connectivity index (χ2v) is 4.09. The number of furan rings is 1. The van der Waals surface area contributed by atoms with Crippen molar-refractivity contribution < 1.29 is 9.52 Å². The maximum absolute atomic E-state index is 9.36. The summed E-state index contributed by atoms with van der Waals surface area (Å²) in [6.45, 7) is 3.39. The molecule has 1 fully saturated rings. The van der Waals surface area contributed by atoms with Crippen molar-refractivity contribution in [2.45, 2.75) is 38.5 Å². The zero-order chi connectivity index (χ0) is 9.97. The van der Waals surface area contributed by atoms with Gasteiger partial charge in [-0.05, 0) is 31.9 Å². The van der Waals surface area contributed by atoms with Crippen LogP contribution in [0.4, 0.5) is 0 Å². The van der Waals surface area contributed by atoms with Crippen molar-refractivity contribution in [2.75, 3.05) is 6.54 Å². The largest absolute Gasteiger partial charge is 0.468 e. The zero-order valence-corrected chi connectivity index (χ0v) is 8.52. The average Bonchev–Trinajstić information content (AvgIpc) is 2.85. The van der Waals surface area contributed by atoms with E-state index < -0.39 is 0 Å². The molecule has 0 aromatic carbocycles. The lowest BCUT2D eigenvalue weighted by Gasteiger charge is -2.22. The molecule has 1 aliphatic carbocycles. The van der Waals surface area contributed by atoms with Crippen LogP contribution < -0.4 is 0 Å². The van der Waals surface area contributed by atoms with Crippen LogP contribution in [0.1, 0.15) is 25.5 Å². The monoisotopic (exact) mass is 195 g/mol. The van der Waals surface area contributed by atoms with E-state index in [-0.39, 0.29) is 6.10 Å². The van der Waals surface area contributed by atoms with Crippen LogP contribution in [0.3, 0.4) is 0 Å². The van der Waals surface area contributed by atoms with Crippen molar-refractivity contribution >= 4 is 0 Å². The van der Waals surface area contributed by atoms with Gasteiger partial charge in [0.2, 0.25) is 0 Å². The Bertz CT molecular complexity index is 265. The van der Waals surface area contributed by atoms with Gasteiger partial charge in [-0.25, -0.2) is 0 Å². The van der Waals surface area contributed by atoms with E-state index in [1.165, 1.54) is 12.8 Å². The van der Waals surface area contributed by atoms with Gasteiger partial charge in [-0.3, -0.25) is 4.90 Å². The normalized spacial score (nSPS) is 18.8. The first-order valence-corrected chi connectivity index (χ1v) is 5.20. The first kappa shape index (κ1) is 9.74. The van der Waals surface area contributed by atoms with Gasteiger partial charge in [-0.15, -0.1) is 0 Å². The highest BCUT2D eigenvalue weighted by atomic mass is 16.3. The minimum absolute atomic E-state index is 0.259. The van der Waals surface area contributed by atoms with E-state index in [0.717, 1.165) is 18.8 Å². The predicted octanol–water partition coefficient (Wildman–Crippen LogP) is 1.62. The molecule has 0 radical (unpaired) electrons. The van der Waals surface area contributed by atoms with Crippen molar-refractivity contribution in [3.63, 3.8) is 0 Å². The number of rotatable bonds is 5. The van der Waals surface area contributed by atoms with Crippen LogP contribution in [0, 0.1) is 0 Å². The molecule has 0 saturated heterocycles. The molecule has 14 heavy (non-hydrogen) atoms. The van der Waals surface area contributed by atoms with Gasteiger partial charge < -0.3 is 9.52 Å². The molecule has 1 atom stereocenters. The Labute approximate surface area is 84.3 Å². The molecule has 1 aliphatic rings. The second kappa shape index (κ2) is 4.15. The SMILES string of the molecule is C[C@@H](O)CN(Cc1ccco1)C1CC1. The number of hydrogen-bond donors (Lipinski definition) is 1. The number of hydrogen-bond acceptors (Lipinski definition) is 3. The Kier molecular flexibility index (Phi) is 2.89. The molecular weight excluding hydrogens is 178 g/mol. The molecule has 2 rings (SSSR count). The molecular formula is C11H17NO2. The fraction of sp³-hybridized carbons (Fsp3) is 0.636. The molecule has 0 aliphatic heterocycles. The third kappa shape index (κ3) is 2.59. The van der Waals surface area contributed by atoms with Crippen molar-refractivity contribution in [2.24, 2.45) is 0 Å². The zero-order valence-electron chi connectivity index (χ0n) is 8.52.